The standard InChI is InChI=1S/C13H22N4O/c1-17-9-15-8-11(17)12(13(14)18)16-10-6-4-2-3-5-7-10/h8-10,12,16H,2-7H2,1H3,(H2,14,18). The number of imidazole rings is 1. The monoisotopic (exact) mass is 250 g/mol. The molecule has 1 aliphatic carbocycles. The summed E-state index contributed by atoms with van der Waals surface area (Å²) in [5.41, 5.74) is 6.35. The van der Waals surface area contributed by atoms with Gasteiger partial charge in [-0.1, -0.05) is 25.7 Å². The Morgan fingerprint density at radius 3 is 2.61 bits per heavy atom. The smallest absolute Gasteiger partial charge is 0.240 e. The summed E-state index contributed by atoms with van der Waals surface area (Å²) in [5, 5.41) is 3.40. The topological polar surface area (TPSA) is 72.9 Å². The number of nitrogens with two attached hydrogens (primary N) is 1. The first-order valence-electron chi connectivity index (χ1n) is 6.70. The molecule has 1 saturated carbocycles. The van der Waals surface area contributed by atoms with E-state index in [0.29, 0.717) is 6.04 Å². The van der Waals surface area contributed by atoms with Gasteiger partial charge in [-0.15, -0.1) is 0 Å². The van der Waals surface area contributed by atoms with Crippen molar-refractivity contribution in [3.63, 3.8) is 0 Å². The minimum atomic E-state index is -0.430. The molecule has 0 aromatic carbocycles. The van der Waals surface area contributed by atoms with Gasteiger partial charge in [0, 0.05) is 13.1 Å². The van der Waals surface area contributed by atoms with E-state index in [2.05, 4.69) is 10.3 Å². The maximum Gasteiger partial charge on any atom is 0.240 e. The summed E-state index contributed by atoms with van der Waals surface area (Å²) in [4.78, 5) is 15.7. The van der Waals surface area contributed by atoms with Crippen molar-refractivity contribution in [3.05, 3.63) is 18.2 Å². The van der Waals surface area contributed by atoms with Gasteiger partial charge in [0.05, 0.1) is 18.2 Å². The number of carbonyl (C=O) groups excluding carboxylic acids is 1. The first-order chi connectivity index (χ1) is 8.68. The van der Waals surface area contributed by atoms with E-state index in [4.69, 9.17) is 5.73 Å². The summed E-state index contributed by atoms with van der Waals surface area (Å²) in [6, 6.07) is -0.0412. The maximum absolute atomic E-state index is 11.6. The quantitative estimate of drug-likeness (QED) is 0.790. The van der Waals surface area contributed by atoms with Crippen LogP contribution in [0, 0.1) is 0 Å². The highest BCUT2D eigenvalue weighted by molar-refractivity contribution is 5.80. The zero-order valence-corrected chi connectivity index (χ0v) is 10.9. The van der Waals surface area contributed by atoms with Crippen molar-refractivity contribution >= 4 is 5.91 Å². The van der Waals surface area contributed by atoms with Crippen LogP contribution in [0.15, 0.2) is 12.5 Å². The van der Waals surface area contributed by atoms with E-state index >= 15 is 0 Å². The Kier molecular flexibility index (Phi) is 4.36. The van der Waals surface area contributed by atoms with E-state index in [1.54, 1.807) is 12.5 Å². The van der Waals surface area contributed by atoms with E-state index in [1.807, 2.05) is 11.6 Å². The summed E-state index contributed by atoms with van der Waals surface area (Å²) in [6.07, 6.45) is 10.7. The molecule has 1 amide bonds. The van der Waals surface area contributed by atoms with Gasteiger partial charge < -0.3 is 10.3 Å². The van der Waals surface area contributed by atoms with Gasteiger partial charge in [-0.25, -0.2) is 4.98 Å². The lowest BCUT2D eigenvalue weighted by Gasteiger charge is -2.23. The molecule has 0 aliphatic heterocycles. The maximum atomic E-state index is 11.6. The molecule has 0 radical (unpaired) electrons. The molecule has 1 aliphatic rings. The Hall–Kier alpha value is -1.36. The summed E-state index contributed by atoms with van der Waals surface area (Å²) in [7, 11) is 1.88. The van der Waals surface area contributed by atoms with E-state index in [0.717, 1.165) is 18.5 Å². The number of carbonyl (C=O) groups is 1. The predicted molar refractivity (Wildman–Crippen MR) is 69.8 cm³/mol. The largest absolute Gasteiger partial charge is 0.368 e. The normalized spacial score (nSPS) is 19.4. The average Bonchev–Trinajstić information content (AvgIpc) is 2.62. The van der Waals surface area contributed by atoms with Crippen LogP contribution in [-0.2, 0) is 11.8 Å². The SMILES string of the molecule is Cn1cncc1C(NC1CCCCCC1)C(N)=O. The summed E-state index contributed by atoms with van der Waals surface area (Å²) >= 11 is 0. The highest BCUT2D eigenvalue weighted by atomic mass is 16.1. The van der Waals surface area contributed by atoms with Crippen LogP contribution in [0.25, 0.3) is 0 Å². The first kappa shape index (κ1) is 13.1. The van der Waals surface area contributed by atoms with Gasteiger partial charge in [-0.2, -0.15) is 0 Å². The highest BCUT2D eigenvalue weighted by Crippen LogP contribution is 2.20. The number of rotatable bonds is 4. The summed E-state index contributed by atoms with van der Waals surface area (Å²) in [5.74, 6) is -0.331. The number of hydrogen-bond donors (Lipinski definition) is 2. The molecule has 0 saturated heterocycles. The van der Waals surface area contributed by atoms with Crippen molar-refractivity contribution in [1.29, 1.82) is 0 Å². The fourth-order valence-corrected chi connectivity index (χ4v) is 2.64. The lowest BCUT2D eigenvalue weighted by molar-refractivity contribution is -0.120. The number of hydrogen-bond acceptors (Lipinski definition) is 3. The Morgan fingerprint density at radius 2 is 2.11 bits per heavy atom. The number of nitrogens with one attached hydrogen (secondary N) is 1. The first-order valence-corrected chi connectivity index (χ1v) is 6.70. The minimum absolute atomic E-state index is 0.331. The molecule has 1 aromatic rings. The molecule has 1 heterocycles. The number of primary amides is 1. The highest BCUT2D eigenvalue weighted by Gasteiger charge is 2.24. The van der Waals surface area contributed by atoms with E-state index in [-0.39, 0.29) is 5.91 Å². The van der Waals surface area contributed by atoms with Gasteiger partial charge in [0.25, 0.3) is 0 Å². The van der Waals surface area contributed by atoms with Crippen LogP contribution in [0.2, 0.25) is 0 Å². The summed E-state index contributed by atoms with van der Waals surface area (Å²) in [6.45, 7) is 0. The van der Waals surface area contributed by atoms with Crippen LogP contribution in [0.5, 0.6) is 0 Å². The molecule has 1 aromatic heterocycles. The Bertz CT molecular complexity index is 393. The van der Waals surface area contributed by atoms with Gasteiger partial charge in [0.15, 0.2) is 0 Å². The van der Waals surface area contributed by atoms with Gasteiger partial charge >= 0.3 is 0 Å². The molecule has 1 atom stereocenters. The second-order valence-corrected chi connectivity index (χ2v) is 5.12. The van der Waals surface area contributed by atoms with Crippen molar-refractivity contribution < 1.29 is 4.79 Å². The van der Waals surface area contributed by atoms with Gasteiger partial charge in [-0.05, 0) is 12.8 Å². The molecule has 2 rings (SSSR count). The minimum Gasteiger partial charge on any atom is -0.368 e. The van der Waals surface area contributed by atoms with E-state index in [9.17, 15) is 4.79 Å². The third-order valence-electron chi connectivity index (χ3n) is 3.69. The van der Waals surface area contributed by atoms with Crippen LogP contribution in [0.1, 0.15) is 50.3 Å². The third-order valence-corrected chi connectivity index (χ3v) is 3.69. The predicted octanol–water partition coefficient (Wildman–Crippen LogP) is 1.26. The average molecular weight is 250 g/mol. The molecule has 0 spiro atoms. The molecular formula is C13H22N4O. The fraction of sp³-hybridized carbons (Fsp3) is 0.692. The molecular weight excluding hydrogens is 228 g/mol. The lowest BCUT2D eigenvalue weighted by Crippen LogP contribution is -2.40. The fourth-order valence-electron chi connectivity index (χ4n) is 2.64. The van der Waals surface area contributed by atoms with Crippen LogP contribution in [0.4, 0.5) is 0 Å². The zero-order valence-electron chi connectivity index (χ0n) is 10.9. The van der Waals surface area contributed by atoms with Crippen molar-refractivity contribution in [2.75, 3.05) is 0 Å². The van der Waals surface area contributed by atoms with Crippen molar-refractivity contribution in [1.82, 2.24) is 14.9 Å². The van der Waals surface area contributed by atoms with Crippen molar-refractivity contribution in [3.8, 4) is 0 Å². The number of aryl methyl sites for hydroxylation is 1. The molecule has 3 N–H and O–H groups in total. The van der Waals surface area contributed by atoms with Crippen molar-refractivity contribution in [2.24, 2.45) is 12.8 Å². The molecule has 100 valence electrons. The summed E-state index contributed by atoms with van der Waals surface area (Å²) < 4.78 is 1.85. The molecule has 0 bridgehead atoms. The van der Waals surface area contributed by atoms with Gasteiger partial charge in [-0.3, -0.25) is 10.1 Å². The second-order valence-electron chi connectivity index (χ2n) is 5.12. The van der Waals surface area contributed by atoms with Crippen LogP contribution in [0.3, 0.4) is 0 Å². The van der Waals surface area contributed by atoms with E-state index < -0.39 is 6.04 Å². The molecule has 5 heteroatoms. The third kappa shape index (κ3) is 3.10. The Labute approximate surface area is 108 Å². The van der Waals surface area contributed by atoms with Crippen LogP contribution >= 0.6 is 0 Å². The molecule has 1 fully saturated rings. The molecule has 1 unspecified atom stereocenters. The molecule has 5 nitrogen and oxygen atoms in total. The Morgan fingerprint density at radius 1 is 1.44 bits per heavy atom. The van der Waals surface area contributed by atoms with Gasteiger partial charge in [0.1, 0.15) is 6.04 Å². The van der Waals surface area contributed by atoms with E-state index in [1.165, 1.54) is 25.7 Å². The van der Waals surface area contributed by atoms with Crippen molar-refractivity contribution in [2.45, 2.75) is 50.6 Å². The second kappa shape index (κ2) is 6.00. The number of aromatic nitrogens is 2. The lowest BCUT2D eigenvalue weighted by atomic mass is 10.1. The van der Waals surface area contributed by atoms with Crippen LogP contribution < -0.4 is 11.1 Å². The number of nitrogens with zero attached hydrogens (tertiary/aromatic N) is 2. The Balaban J connectivity index is 2.06. The van der Waals surface area contributed by atoms with Gasteiger partial charge in [0.2, 0.25) is 5.91 Å². The van der Waals surface area contributed by atoms with Crippen LogP contribution in [-0.4, -0.2) is 21.5 Å². The molecule has 18 heavy (non-hydrogen) atoms. The zero-order chi connectivity index (χ0) is 13.0. The number of amides is 1.